The Labute approximate surface area is 202 Å². The van der Waals surface area contributed by atoms with E-state index in [4.69, 9.17) is 4.52 Å². The zero-order valence-corrected chi connectivity index (χ0v) is 19.6. The fourth-order valence-electron chi connectivity index (χ4n) is 4.43. The summed E-state index contributed by atoms with van der Waals surface area (Å²) >= 11 is 0. The van der Waals surface area contributed by atoms with Gasteiger partial charge in [-0.25, -0.2) is 15.0 Å². The number of aromatic nitrogens is 4. The first-order valence-corrected chi connectivity index (χ1v) is 11.7. The highest BCUT2D eigenvalue weighted by Crippen LogP contribution is 2.34. The van der Waals surface area contributed by atoms with Crippen LogP contribution in [0.2, 0.25) is 0 Å². The summed E-state index contributed by atoms with van der Waals surface area (Å²) in [5.41, 5.74) is 0.334. The van der Waals surface area contributed by atoms with Crippen molar-refractivity contribution in [3.63, 3.8) is 0 Å². The number of likely N-dealkylation sites (tertiary alicyclic amines) is 2. The summed E-state index contributed by atoms with van der Waals surface area (Å²) in [6.07, 6.45) is 3.91. The van der Waals surface area contributed by atoms with Crippen LogP contribution in [0.5, 0.6) is 0 Å². The minimum atomic E-state index is -1.71. The normalized spacial score (nSPS) is 20.9. The molecule has 2 unspecified atom stereocenters. The Kier molecular flexibility index (Phi) is 5.93. The molecule has 2 saturated heterocycles. The summed E-state index contributed by atoms with van der Waals surface area (Å²) in [7, 11) is 1.64. The van der Waals surface area contributed by atoms with Crippen molar-refractivity contribution < 1.29 is 19.2 Å². The molecule has 2 aliphatic heterocycles. The van der Waals surface area contributed by atoms with Crippen molar-refractivity contribution in [2.45, 2.75) is 37.8 Å². The van der Waals surface area contributed by atoms with Gasteiger partial charge in [0.05, 0.1) is 17.1 Å². The average Bonchev–Trinajstić information content (AvgIpc) is 3.63. The van der Waals surface area contributed by atoms with E-state index in [0.717, 1.165) is 25.9 Å². The standard InChI is InChI=1S/C24H27N7O4/c1-15(21(32)31-11-3-4-12-31)26-23-25-10-8-18(28-23)16-6-5-7-17(27-16)19-14-20(35-29-19)24(34)9-13-30(2)22(24)33/h5-8,10,14-15,34H,3-4,9,11-13H2,1-2H3,(H,25,26,28). The molecular weight excluding hydrogens is 450 g/mol. The molecule has 2 N–H and O–H groups in total. The number of amides is 2. The molecule has 11 nitrogen and oxygen atoms in total. The quantitative estimate of drug-likeness (QED) is 0.543. The number of aliphatic hydroxyl groups is 1. The van der Waals surface area contributed by atoms with Gasteiger partial charge in [0.25, 0.3) is 5.91 Å². The van der Waals surface area contributed by atoms with Gasteiger partial charge in [0.2, 0.25) is 17.5 Å². The topological polar surface area (TPSA) is 138 Å². The van der Waals surface area contributed by atoms with Crippen LogP contribution in [0.15, 0.2) is 41.1 Å². The zero-order valence-electron chi connectivity index (χ0n) is 19.6. The molecule has 3 aromatic heterocycles. The first kappa shape index (κ1) is 22.9. The van der Waals surface area contributed by atoms with E-state index in [9.17, 15) is 14.7 Å². The second-order valence-electron chi connectivity index (χ2n) is 8.99. The zero-order chi connectivity index (χ0) is 24.6. The van der Waals surface area contributed by atoms with Crippen LogP contribution in [-0.2, 0) is 15.2 Å². The Balaban J connectivity index is 1.35. The van der Waals surface area contributed by atoms with Crippen LogP contribution in [0, 0.1) is 0 Å². The summed E-state index contributed by atoms with van der Waals surface area (Å²) < 4.78 is 5.34. The van der Waals surface area contributed by atoms with Gasteiger partial charge in [0.15, 0.2) is 5.76 Å². The lowest BCUT2D eigenvalue weighted by atomic mass is 9.98. The molecule has 11 heteroatoms. The largest absolute Gasteiger partial charge is 0.373 e. The van der Waals surface area contributed by atoms with Crippen molar-refractivity contribution in [1.82, 2.24) is 29.9 Å². The molecule has 0 bridgehead atoms. The van der Waals surface area contributed by atoms with Gasteiger partial charge in [-0.15, -0.1) is 0 Å². The third-order valence-corrected chi connectivity index (χ3v) is 6.49. The van der Waals surface area contributed by atoms with E-state index in [1.165, 1.54) is 4.90 Å². The Bertz CT molecular complexity index is 1260. The molecule has 0 radical (unpaired) electrons. The van der Waals surface area contributed by atoms with Gasteiger partial charge in [-0.3, -0.25) is 9.59 Å². The number of likely N-dealkylation sites (N-methyl/N-ethyl adjacent to an activating group) is 1. The highest BCUT2D eigenvalue weighted by molar-refractivity contribution is 5.87. The minimum Gasteiger partial charge on any atom is -0.373 e. The van der Waals surface area contributed by atoms with Gasteiger partial charge in [-0.2, -0.15) is 0 Å². The van der Waals surface area contributed by atoms with Crippen LogP contribution < -0.4 is 5.32 Å². The molecule has 0 aliphatic carbocycles. The average molecular weight is 478 g/mol. The molecule has 2 atom stereocenters. The molecule has 5 rings (SSSR count). The minimum absolute atomic E-state index is 0.0343. The van der Waals surface area contributed by atoms with Crippen LogP contribution >= 0.6 is 0 Å². The molecule has 2 amide bonds. The SMILES string of the molecule is CC(Nc1nccc(-c2cccc(-c3cc(C4(O)CCN(C)C4=O)on3)n2)n1)C(=O)N1CCCC1. The van der Waals surface area contributed by atoms with Crippen molar-refractivity contribution in [2.24, 2.45) is 0 Å². The number of carbonyl (C=O) groups excluding carboxylic acids is 2. The van der Waals surface area contributed by atoms with Crippen molar-refractivity contribution >= 4 is 17.8 Å². The summed E-state index contributed by atoms with van der Waals surface area (Å²) in [5.74, 6) is 0.0520. The third-order valence-electron chi connectivity index (χ3n) is 6.49. The lowest BCUT2D eigenvalue weighted by Crippen LogP contribution is -2.40. The highest BCUT2D eigenvalue weighted by Gasteiger charge is 2.48. The molecule has 5 heterocycles. The fraction of sp³-hybridized carbons (Fsp3) is 0.417. The first-order chi connectivity index (χ1) is 16.8. The number of rotatable bonds is 6. The van der Waals surface area contributed by atoms with E-state index in [0.29, 0.717) is 35.3 Å². The maximum Gasteiger partial charge on any atom is 0.262 e. The predicted octanol–water partition coefficient (Wildman–Crippen LogP) is 1.67. The van der Waals surface area contributed by atoms with E-state index in [-0.39, 0.29) is 18.1 Å². The summed E-state index contributed by atoms with van der Waals surface area (Å²) in [6.45, 7) is 3.81. The lowest BCUT2D eigenvalue weighted by molar-refractivity contribution is -0.144. The van der Waals surface area contributed by atoms with Crippen molar-refractivity contribution in [3.8, 4) is 22.8 Å². The summed E-state index contributed by atoms with van der Waals surface area (Å²) in [5, 5.41) is 17.9. The predicted molar refractivity (Wildman–Crippen MR) is 126 cm³/mol. The molecule has 0 spiro atoms. The fourth-order valence-corrected chi connectivity index (χ4v) is 4.43. The molecule has 0 saturated carbocycles. The molecule has 182 valence electrons. The number of hydrogen-bond acceptors (Lipinski definition) is 9. The van der Waals surface area contributed by atoms with E-state index in [1.807, 2.05) is 11.0 Å². The van der Waals surface area contributed by atoms with E-state index >= 15 is 0 Å². The Morgan fingerprint density at radius 1 is 1.11 bits per heavy atom. The number of nitrogens with one attached hydrogen (secondary N) is 1. The van der Waals surface area contributed by atoms with Crippen molar-refractivity contribution in [1.29, 1.82) is 0 Å². The molecular formula is C24H27N7O4. The van der Waals surface area contributed by atoms with E-state index < -0.39 is 17.6 Å². The van der Waals surface area contributed by atoms with Gasteiger partial charge >= 0.3 is 0 Å². The summed E-state index contributed by atoms with van der Waals surface area (Å²) in [6, 6.07) is 8.20. The van der Waals surface area contributed by atoms with Crippen LogP contribution in [0.25, 0.3) is 22.8 Å². The third kappa shape index (κ3) is 4.34. The van der Waals surface area contributed by atoms with Crippen LogP contribution in [-0.4, -0.2) is 79.6 Å². The maximum absolute atomic E-state index is 12.6. The summed E-state index contributed by atoms with van der Waals surface area (Å²) in [4.78, 5) is 41.7. The highest BCUT2D eigenvalue weighted by atomic mass is 16.5. The van der Waals surface area contributed by atoms with Crippen LogP contribution in [0.4, 0.5) is 5.95 Å². The van der Waals surface area contributed by atoms with Gasteiger partial charge in [0.1, 0.15) is 11.7 Å². The number of hydrogen-bond donors (Lipinski definition) is 2. The van der Waals surface area contributed by atoms with Gasteiger partial charge < -0.3 is 24.7 Å². The number of pyridine rings is 1. The van der Waals surface area contributed by atoms with Crippen molar-refractivity contribution in [3.05, 3.63) is 42.3 Å². The Morgan fingerprint density at radius 2 is 1.83 bits per heavy atom. The number of carbonyl (C=O) groups is 2. The monoisotopic (exact) mass is 477 g/mol. The number of nitrogens with zero attached hydrogens (tertiary/aromatic N) is 6. The van der Waals surface area contributed by atoms with Crippen LogP contribution in [0.3, 0.4) is 0 Å². The lowest BCUT2D eigenvalue weighted by Gasteiger charge is -2.21. The molecule has 2 fully saturated rings. The second kappa shape index (κ2) is 9.06. The molecule has 3 aromatic rings. The maximum atomic E-state index is 12.6. The van der Waals surface area contributed by atoms with Crippen LogP contribution in [0.1, 0.15) is 31.9 Å². The first-order valence-electron chi connectivity index (χ1n) is 11.7. The molecule has 0 aromatic carbocycles. The molecule has 35 heavy (non-hydrogen) atoms. The smallest absolute Gasteiger partial charge is 0.262 e. The Hall–Kier alpha value is -3.86. The van der Waals surface area contributed by atoms with Gasteiger partial charge in [-0.05, 0) is 38.0 Å². The second-order valence-corrected chi connectivity index (χ2v) is 8.99. The molecule has 2 aliphatic rings. The van der Waals surface area contributed by atoms with E-state index in [1.54, 1.807) is 44.4 Å². The van der Waals surface area contributed by atoms with Crippen molar-refractivity contribution in [2.75, 3.05) is 32.0 Å². The Morgan fingerprint density at radius 3 is 2.54 bits per heavy atom. The van der Waals surface area contributed by atoms with E-state index in [2.05, 4.69) is 25.4 Å². The number of anilines is 1. The van der Waals surface area contributed by atoms with Gasteiger partial charge in [0, 0.05) is 45.4 Å². The van der Waals surface area contributed by atoms with Gasteiger partial charge in [-0.1, -0.05) is 11.2 Å².